The molecule has 2 rings (SSSR count). The number of benzene rings is 1. The first-order valence-corrected chi connectivity index (χ1v) is 9.41. The lowest BCUT2D eigenvalue weighted by atomic mass is 9.85. The summed E-state index contributed by atoms with van der Waals surface area (Å²) in [6.45, 7) is 8.15. The number of anilines is 2. The summed E-state index contributed by atoms with van der Waals surface area (Å²) < 4.78 is 0. The molecule has 3 N–H and O–H groups in total. The number of piperidine rings is 1. The summed E-state index contributed by atoms with van der Waals surface area (Å²) in [5, 5.41) is 9.35. The van der Waals surface area contributed by atoms with Gasteiger partial charge >= 0.3 is 0 Å². The molecule has 0 saturated carbocycles. The zero-order valence-corrected chi connectivity index (χ0v) is 16.9. The second kappa shape index (κ2) is 11.2. The highest BCUT2D eigenvalue weighted by molar-refractivity contribution is 5.95. The van der Waals surface area contributed by atoms with Crippen molar-refractivity contribution in [2.24, 2.45) is 11.8 Å². The molecule has 0 aromatic heterocycles. The summed E-state index contributed by atoms with van der Waals surface area (Å²) in [4.78, 5) is 24.2. The molecule has 0 radical (unpaired) electrons. The minimum Gasteiger partial charge on any atom is -0.326 e. The molecular weight excluding hydrogens is 350 g/mol. The van der Waals surface area contributed by atoms with Crippen molar-refractivity contribution in [2.45, 2.75) is 52.9 Å². The van der Waals surface area contributed by atoms with Gasteiger partial charge < -0.3 is 16.0 Å². The molecule has 1 aliphatic rings. The molecule has 0 bridgehead atoms. The van der Waals surface area contributed by atoms with Gasteiger partial charge in [0.25, 0.3) is 0 Å². The molecule has 1 saturated heterocycles. The summed E-state index contributed by atoms with van der Waals surface area (Å²) in [7, 11) is 0. The van der Waals surface area contributed by atoms with E-state index in [9.17, 15) is 9.59 Å². The normalized spacial score (nSPS) is 17.7. The minimum atomic E-state index is 0. The van der Waals surface area contributed by atoms with E-state index in [0.717, 1.165) is 36.4 Å². The van der Waals surface area contributed by atoms with Gasteiger partial charge in [-0.2, -0.15) is 0 Å². The Hall–Kier alpha value is -1.59. The number of nitrogens with one attached hydrogen (secondary N) is 3. The lowest BCUT2D eigenvalue weighted by molar-refractivity contribution is -0.117. The van der Waals surface area contributed by atoms with Crippen LogP contribution >= 0.6 is 12.4 Å². The van der Waals surface area contributed by atoms with E-state index in [1.54, 1.807) is 0 Å². The summed E-state index contributed by atoms with van der Waals surface area (Å²) in [5.74, 6) is 0.978. The third kappa shape index (κ3) is 6.61. The van der Waals surface area contributed by atoms with Crippen LogP contribution in [0.2, 0.25) is 0 Å². The second-order valence-electron chi connectivity index (χ2n) is 7.11. The fraction of sp³-hybridized carbons (Fsp3) is 0.600. The predicted molar refractivity (Wildman–Crippen MR) is 110 cm³/mol. The van der Waals surface area contributed by atoms with Gasteiger partial charge in [-0.15, -0.1) is 12.4 Å². The fourth-order valence-corrected chi connectivity index (χ4v) is 3.37. The summed E-state index contributed by atoms with van der Waals surface area (Å²) in [5.41, 5.74) is 2.43. The van der Waals surface area contributed by atoms with Crippen molar-refractivity contribution < 1.29 is 9.59 Å². The molecule has 0 spiro atoms. The average molecular weight is 382 g/mol. The van der Waals surface area contributed by atoms with Crippen LogP contribution in [0.25, 0.3) is 0 Å². The van der Waals surface area contributed by atoms with Crippen LogP contribution in [-0.4, -0.2) is 24.9 Å². The zero-order chi connectivity index (χ0) is 18.2. The van der Waals surface area contributed by atoms with Crippen LogP contribution in [0.5, 0.6) is 0 Å². The molecule has 1 aromatic carbocycles. The Morgan fingerprint density at radius 2 is 1.88 bits per heavy atom. The maximum absolute atomic E-state index is 12.4. The van der Waals surface area contributed by atoms with Gasteiger partial charge in [-0.25, -0.2) is 0 Å². The zero-order valence-electron chi connectivity index (χ0n) is 16.1. The largest absolute Gasteiger partial charge is 0.326 e. The SMILES string of the molecule is CCCC(=O)Nc1cccc(NC(=O)CC(C)C2CCCNC2)c1C.Cl. The van der Waals surface area contributed by atoms with Crippen LogP contribution in [0.1, 0.15) is 51.5 Å². The van der Waals surface area contributed by atoms with Crippen LogP contribution in [0, 0.1) is 18.8 Å². The fourth-order valence-electron chi connectivity index (χ4n) is 3.37. The Kier molecular flexibility index (Phi) is 9.66. The van der Waals surface area contributed by atoms with Crippen molar-refractivity contribution in [1.29, 1.82) is 0 Å². The van der Waals surface area contributed by atoms with Crippen molar-refractivity contribution >= 4 is 35.6 Å². The van der Waals surface area contributed by atoms with Crippen LogP contribution in [0.4, 0.5) is 11.4 Å². The van der Waals surface area contributed by atoms with Gasteiger partial charge in [-0.1, -0.05) is 19.9 Å². The van der Waals surface area contributed by atoms with E-state index in [1.165, 1.54) is 12.8 Å². The van der Waals surface area contributed by atoms with Gasteiger partial charge in [0.05, 0.1) is 0 Å². The third-order valence-corrected chi connectivity index (χ3v) is 5.01. The van der Waals surface area contributed by atoms with E-state index < -0.39 is 0 Å². The summed E-state index contributed by atoms with van der Waals surface area (Å²) >= 11 is 0. The molecule has 1 heterocycles. The molecule has 0 aliphatic carbocycles. The monoisotopic (exact) mass is 381 g/mol. The van der Waals surface area contributed by atoms with E-state index in [4.69, 9.17) is 0 Å². The molecule has 146 valence electrons. The molecule has 2 amide bonds. The molecule has 1 aromatic rings. The predicted octanol–water partition coefficient (Wildman–Crippen LogP) is 4.12. The molecule has 2 atom stereocenters. The highest BCUT2D eigenvalue weighted by atomic mass is 35.5. The molecular formula is C20H32ClN3O2. The smallest absolute Gasteiger partial charge is 0.224 e. The number of halogens is 1. The number of hydrogen-bond donors (Lipinski definition) is 3. The van der Waals surface area contributed by atoms with Crippen molar-refractivity contribution in [3.8, 4) is 0 Å². The molecule has 5 nitrogen and oxygen atoms in total. The molecule has 2 unspecified atom stereocenters. The summed E-state index contributed by atoms with van der Waals surface area (Å²) in [6.07, 6.45) is 4.23. The average Bonchev–Trinajstić information content (AvgIpc) is 2.59. The van der Waals surface area contributed by atoms with E-state index in [2.05, 4.69) is 22.9 Å². The van der Waals surface area contributed by atoms with Gasteiger partial charge in [0, 0.05) is 24.2 Å². The number of carbonyl (C=O) groups is 2. The van der Waals surface area contributed by atoms with Crippen LogP contribution in [0.3, 0.4) is 0 Å². The van der Waals surface area contributed by atoms with E-state index >= 15 is 0 Å². The number of hydrogen-bond acceptors (Lipinski definition) is 3. The Morgan fingerprint density at radius 3 is 2.46 bits per heavy atom. The molecule has 1 aliphatic heterocycles. The van der Waals surface area contributed by atoms with E-state index in [-0.39, 0.29) is 24.2 Å². The van der Waals surface area contributed by atoms with Crippen LogP contribution in [-0.2, 0) is 9.59 Å². The Bertz CT molecular complexity index is 601. The van der Waals surface area contributed by atoms with Gasteiger partial charge in [-0.05, 0) is 68.8 Å². The number of rotatable bonds is 7. The Balaban J connectivity index is 0.00000338. The standard InChI is InChI=1S/C20H31N3O2.ClH/c1-4-7-19(24)22-17-9-5-10-18(15(17)3)23-20(25)12-14(2)16-8-6-11-21-13-16;/h5,9-10,14,16,21H,4,6-8,11-13H2,1-3H3,(H,22,24)(H,23,25);1H. The van der Waals surface area contributed by atoms with Gasteiger partial charge in [-0.3, -0.25) is 9.59 Å². The van der Waals surface area contributed by atoms with Crippen molar-refractivity contribution in [1.82, 2.24) is 5.32 Å². The number of carbonyl (C=O) groups excluding carboxylic acids is 2. The van der Waals surface area contributed by atoms with Crippen molar-refractivity contribution in [2.75, 3.05) is 23.7 Å². The maximum Gasteiger partial charge on any atom is 0.224 e. The molecule has 1 fully saturated rings. The molecule has 26 heavy (non-hydrogen) atoms. The Morgan fingerprint density at radius 1 is 1.23 bits per heavy atom. The van der Waals surface area contributed by atoms with Gasteiger partial charge in [0.2, 0.25) is 11.8 Å². The third-order valence-electron chi connectivity index (χ3n) is 5.01. The summed E-state index contributed by atoms with van der Waals surface area (Å²) in [6, 6.07) is 5.61. The highest BCUT2D eigenvalue weighted by Gasteiger charge is 2.22. The van der Waals surface area contributed by atoms with Crippen LogP contribution < -0.4 is 16.0 Å². The van der Waals surface area contributed by atoms with Crippen molar-refractivity contribution in [3.05, 3.63) is 23.8 Å². The minimum absolute atomic E-state index is 0. The topological polar surface area (TPSA) is 70.2 Å². The lowest BCUT2D eigenvalue weighted by Gasteiger charge is -2.28. The highest BCUT2D eigenvalue weighted by Crippen LogP contribution is 2.26. The van der Waals surface area contributed by atoms with E-state index in [1.807, 2.05) is 32.0 Å². The van der Waals surface area contributed by atoms with E-state index in [0.29, 0.717) is 24.7 Å². The lowest BCUT2D eigenvalue weighted by Crippen LogP contribution is -2.34. The second-order valence-corrected chi connectivity index (χ2v) is 7.11. The van der Waals surface area contributed by atoms with Gasteiger partial charge in [0.1, 0.15) is 0 Å². The van der Waals surface area contributed by atoms with Crippen molar-refractivity contribution in [3.63, 3.8) is 0 Å². The first-order chi connectivity index (χ1) is 12.0. The van der Waals surface area contributed by atoms with Crippen LogP contribution in [0.15, 0.2) is 18.2 Å². The van der Waals surface area contributed by atoms with Gasteiger partial charge in [0.15, 0.2) is 0 Å². The Labute approximate surface area is 163 Å². The first kappa shape index (κ1) is 22.5. The first-order valence-electron chi connectivity index (χ1n) is 9.41. The quantitative estimate of drug-likeness (QED) is 0.665. The maximum atomic E-state index is 12.4. The number of amides is 2. The molecule has 6 heteroatoms.